The Bertz CT molecular complexity index is 498. The highest BCUT2D eigenvalue weighted by Crippen LogP contribution is 2.30. The SMILES string of the molecule is C[C@H](N)C(=O)N1CC[C@@H](CN(Cc2ccccc2)C2CC2)C1. The van der Waals surface area contributed by atoms with Crippen molar-refractivity contribution < 1.29 is 4.79 Å². The summed E-state index contributed by atoms with van der Waals surface area (Å²) in [7, 11) is 0. The van der Waals surface area contributed by atoms with E-state index in [1.807, 2.05) is 4.90 Å². The first-order valence-electron chi connectivity index (χ1n) is 8.46. The van der Waals surface area contributed by atoms with Gasteiger partial charge in [0.25, 0.3) is 0 Å². The molecule has 2 N–H and O–H groups in total. The average molecular weight is 301 g/mol. The Hall–Kier alpha value is -1.39. The molecule has 1 aliphatic carbocycles. The summed E-state index contributed by atoms with van der Waals surface area (Å²) in [5.74, 6) is 0.690. The Balaban J connectivity index is 1.55. The van der Waals surface area contributed by atoms with Crippen molar-refractivity contribution >= 4 is 5.91 Å². The molecule has 0 aromatic heterocycles. The van der Waals surface area contributed by atoms with Crippen LogP contribution in [0.5, 0.6) is 0 Å². The van der Waals surface area contributed by atoms with E-state index in [-0.39, 0.29) is 11.9 Å². The van der Waals surface area contributed by atoms with Gasteiger partial charge in [-0.15, -0.1) is 0 Å². The number of nitrogens with zero attached hydrogens (tertiary/aromatic N) is 2. The molecule has 1 aliphatic heterocycles. The number of carbonyl (C=O) groups excluding carboxylic acids is 1. The normalized spacial score (nSPS) is 23.0. The Morgan fingerprint density at radius 3 is 2.68 bits per heavy atom. The Morgan fingerprint density at radius 2 is 2.05 bits per heavy atom. The lowest BCUT2D eigenvalue weighted by Crippen LogP contribution is -2.41. The first kappa shape index (κ1) is 15.5. The van der Waals surface area contributed by atoms with Gasteiger partial charge in [0, 0.05) is 32.2 Å². The number of rotatable bonds is 6. The Morgan fingerprint density at radius 1 is 1.32 bits per heavy atom. The van der Waals surface area contributed by atoms with Crippen LogP contribution in [0.2, 0.25) is 0 Å². The summed E-state index contributed by atoms with van der Waals surface area (Å²) in [6.45, 7) is 5.65. The Labute approximate surface area is 133 Å². The third-order valence-corrected chi connectivity index (χ3v) is 4.77. The van der Waals surface area contributed by atoms with Gasteiger partial charge in [0.15, 0.2) is 0 Å². The molecule has 2 fully saturated rings. The van der Waals surface area contributed by atoms with Crippen LogP contribution in [0.1, 0.15) is 31.7 Å². The summed E-state index contributed by atoms with van der Waals surface area (Å²) in [4.78, 5) is 16.6. The van der Waals surface area contributed by atoms with E-state index in [1.165, 1.54) is 18.4 Å². The van der Waals surface area contributed by atoms with Gasteiger partial charge in [-0.1, -0.05) is 30.3 Å². The van der Waals surface area contributed by atoms with Crippen molar-refractivity contribution in [3.8, 4) is 0 Å². The summed E-state index contributed by atoms with van der Waals surface area (Å²) in [5, 5.41) is 0. The zero-order valence-corrected chi connectivity index (χ0v) is 13.4. The first-order valence-corrected chi connectivity index (χ1v) is 8.46. The summed E-state index contributed by atoms with van der Waals surface area (Å²) in [5.41, 5.74) is 7.11. The predicted molar refractivity (Wildman–Crippen MR) is 88.2 cm³/mol. The zero-order chi connectivity index (χ0) is 15.5. The van der Waals surface area contributed by atoms with Crippen LogP contribution in [0.25, 0.3) is 0 Å². The second-order valence-corrected chi connectivity index (χ2v) is 6.87. The van der Waals surface area contributed by atoms with Crippen LogP contribution in [0, 0.1) is 5.92 Å². The molecule has 1 aromatic carbocycles. The van der Waals surface area contributed by atoms with Gasteiger partial charge in [0.1, 0.15) is 0 Å². The minimum Gasteiger partial charge on any atom is -0.341 e. The molecule has 1 saturated carbocycles. The maximum Gasteiger partial charge on any atom is 0.239 e. The maximum absolute atomic E-state index is 12.0. The highest BCUT2D eigenvalue weighted by molar-refractivity contribution is 5.81. The van der Waals surface area contributed by atoms with Crippen LogP contribution in [-0.4, -0.2) is 47.4 Å². The molecule has 120 valence electrons. The third-order valence-electron chi connectivity index (χ3n) is 4.77. The van der Waals surface area contributed by atoms with E-state index in [4.69, 9.17) is 5.73 Å². The molecule has 0 unspecified atom stereocenters. The lowest BCUT2D eigenvalue weighted by atomic mass is 10.1. The smallest absolute Gasteiger partial charge is 0.239 e. The summed E-state index contributed by atoms with van der Waals surface area (Å²) in [6.07, 6.45) is 3.75. The molecule has 1 saturated heterocycles. The topological polar surface area (TPSA) is 49.6 Å². The lowest BCUT2D eigenvalue weighted by Gasteiger charge is -2.26. The summed E-state index contributed by atoms with van der Waals surface area (Å²) in [6, 6.07) is 11.1. The van der Waals surface area contributed by atoms with E-state index in [0.717, 1.165) is 38.6 Å². The molecular weight excluding hydrogens is 274 g/mol. The van der Waals surface area contributed by atoms with Gasteiger partial charge in [-0.3, -0.25) is 9.69 Å². The molecule has 22 heavy (non-hydrogen) atoms. The third kappa shape index (κ3) is 3.87. The molecule has 3 rings (SSSR count). The molecule has 0 bridgehead atoms. The minimum absolute atomic E-state index is 0.100. The number of carbonyl (C=O) groups is 1. The van der Waals surface area contributed by atoms with Gasteiger partial charge >= 0.3 is 0 Å². The van der Waals surface area contributed by atoms with E-state index in [2.05, 4.69) is 35.2 Å². The molecule has 0 radical (unpaired) electrons. The van der Waals surface area contributed by atoms with Crippen LogP contribution in [-0.2, 0) is 11.3 Å². The van der Waals surface area contributed by atoms with Gasteiger partial charge in [-0.2, -0.15) is 0 Å². The Kier molecular flexibility index (Phi) is 4.79. The fraction of sp³-hybridized carbons (Fsp3) is 0.611. The van der Waals surface area contributed by atoms with Crippen LogP contribution in [0.15, 0.2) is 30.3 Å². The second kappa shape index (κ2) is 6.80. The second-order valence-electron chi connectivity index (χ2n) is 6.87. The predicted octanol–water partition coefficient (Wildman–Crippen LogP) is 1.85. The number of nitrogens with two attached hydrogens (primary N) is 1. The van der Waals surface area contributed by atoms with Crippen molar-refractivity contribution in [1.82, 2.24) is 9.80 Å². The maximum atomic E-state index is 12.0. The van der Waals surface area contributed by atoms with Crippen molar-refractivity contribution in [1.29, 1.82) is 0 Å². The molecule has 1 amide bonds. The number of hydrogen-bond acceptors (Lipinski definition) is 3. The van der Waals surface area contributed by atoms with E-state index >= 15 is 0 Å². The highest BCUT2D eigenvalue weighted by Gasteiger charge is 2.34. The number of likely N-dealkylation sites (tertiary alicyclic amines) is 1. The van der Waals surface area contributed by atoms with Crippen LogP contribution < -0.4 is 5.73 Å². The fourth-order valence-corrected chi connectivity index (χ4v) is 3.40. The van der Waals surface area contributed by atoms with Crippen LogP contribution in [0.3, 0.4) is 0 Å². The highest BCUT2D eigenvalue weighted by atomic mass is 16.2. The monoisotopic (exact) mass is 301 g/mol. The lowest BCUT2D eigenvalue weighted by molar-refractivity contribution is -0.131. The van der Waals surface area contributed by atoms with Crippen LogP contribution >= 0.6 is 0 Å². The number of amides is 1. The van der Waals surface area contributed by atoms with Crippen molar-refractivity contribution in [3.05, 3.63) is 35.9 Å². The minimum atomic E-state index is -0.373. The summed E-state index contributed by atoms with van der Waals surface area (Å²) >= 11 is 0. The molecule has 1 aromatic rings. The van der Waals surface area contributed by atoms with E-state index in [9.17, 15) is 4.79 Å². The standard InChI is InChI=1S/C18H27N3O/c1-14(19)18(22)20-10-9-16(12-20)13-21(17-7-8-17)11-15-5-3-2-4-6-15/h2-6,14,16-17H,7-13,19H2,1H3/t14-,16+/m0/s1. The fourth-order valence-electron chi connectivity index (χ4n) is 3.40. The molecular formula is C18H27N3O. The van der Waals surface area contributed by atoms with Crippen molar-refractivity contribution in [2.75, 3.05) is 19.6 Å². The summed E-state index contributed by atoms with van der Waals surface area (Å²) < 4.78 is 0. The molecule has 2 aliphatic rings. The number of hydrogen-bond donors (Lipinski definition) is 1. The average Bonchev–Trinajstić information content (AvgIpc) is 3.27. The van der Waals surface area contributed by atoms with E-state index in [1.54, 1.807) is 6.92 Å². The van der Waals surface area contributed by atoms with Crippen molar-refractivity contribution in [3.63, 3.8) is 0 Å². The van der Waals surface area contributed by atoms with Gasteiger partial charge in [-0.25, -0.2) is 0 Å². The first-order chi connectivity index (χ1) is 10.6. The van der Waals surface area contributed by atoms with Crippen molar-refractivity contribution in [2.24, 2.45) is 11.7 Å². The molecule has 0 spiro atoms. The quantitative estimate of drug-likeness (QED) is 0.872. The largest absolute Gasteiger partial charge is 0.341 e. The molecule has 2 atom stereocenters. The zero-order valence-electron chi connectivity index (χ0n) is 13.4. The molecule has 1 heterocycles. The molecule has 4 heteroatoms. The van der Waals surface area contributed by atoms with Gasteiger partial charge in [-0.05, 0) is 37.7 Å². The van der Waals surface area contributed by atoms with Crippen molar-refractivity contribution in [2.45, 2.75) is 44.8 Å². The van der Waals surface area contributed by atoms with E-state index < -0.39 is 0 Å². The van der Waals surface area contributed by atoms with Crippen LogP contribution in [0.4, 0.5) is 0 Å². The van der Waals surface area contributed by atoms with Gasteiger partial charge in [0.05, 0.1) is 6.04 Å². The van der Waals surface area contributed by atoms with Gasteiger partial charge in [0.2, 0.25) is 5.91 Å². The molecule has 4 nitrogen and oxygen atoms in total. The number of benzene rings is 1. The van der Waals surface area contributed by atoms with Gasteiger partial charge < -0.3 is 10.6 Å². The van der Waals surface area contributed by atoms with E-state index in [0.29, 0.717) is 5.92 Å².